The van der Waals surface area contributed by atoms with Crippen LogP contribution >= 0.6 is 0 Å². The number of carbonyl (C=O) groups excluding carboxylic acids is 2. The molecular weight excluding hydrogens is 296 g/mol. The normalized spacial score (nSPS) is 11.4. The third-order valence-electron chi connectivity index (χ3n) is 3.17. The number of rotatable bonds is 6. The third kappa shape index (κ3) is 4.85. The lowest BCUT2D eigenvalue weighted by molar-refractivity contribution is -0.154. The topological polar surface area (TPSA) is 61.8 Å². The van der Waals surface area contributed by atoms with E-state index in [9.17, 15) is 9.59 Å². The smallest absolute Gasteiger partial charge is 0.347 e. The van der Waals surface area contributed by atoms with Gasteiger partial charge in [-0.3, -0.25) is 0 Å². The molecular formula is C18H18O5. The summed E-state index contributed by atoms with van der Waals surface area (Å²) in [6.07, 6.45) is -0.978. The zero-order chi connectivity index (χ0) is 16.7. The van der Waals surface area contributed by atoms with E-state index in [1.807, 2.05) is 30.3 Å². The van der Waals surface area contributed by atoms with Crippen molar-refractivity contribution in [2.75, 3.05) is 7.11 Å². The Kier molecular flexibility index (Phi) is 5.74. The molecule has 0 unspecified atom stereocenters. The average molecular weight is 314 g/mol. The highest BCUT2D eigenvalue weighted by Gasteiger charge is 2.20. The maximum Gasteiger partial charge on any atom is 0.347 e. The van der Waals surface area contributed by atoms with Gasteiger partial charge in [-0.15, -0.1) is 0 Å². The predicted molar refractivity (Wildman–Crippen MR) is 84.1 cm³/mol. The number of benzene rings is 2. The molecule has 0 saturated carbocycles. The molecule has 0 aliphatic rings. The van der Waals surface area contributed by atoms with Gasteiger partial charge in [-0.2, -0.15) is 0 Å². The Morgan fingerprint density at radius 2 is 1.65 bits per heavy atom. The van der Waals surface area contributed by atoms with Crippen molar-refractivity contribution >= 4 is 11.9 Å². The second kappa shape index (κ2) is 7.98. The number of esters is 2. The molecule has 2 aromatic rings. The molecule has 0 amide bonds. The molecule has 0 fully saturated rings. The van der Waals surface area contributed by atoms with Crippen molar-refractivity contribution in [3.63, 3.8) is 0 Å². The Bertz CT molecular complexity index is 649. The number of carbonyl (C=O) groups is 2. The molecule has 0 saturated heterocycles. The Morgan fingerprint density at radius 3 is 2.26 bits per heavy atom. The molecule has 2 aromatic carbocycles. The molecule has 0 radical (unpaired) electrons. The first-order valence-corrected chi connectivity index (χ1v) is 7.15. The van der Waals surface area contributed by atoms with E-state index in [1.54, 1.807) is 24.3 Å². The van der Waals surface area contributed by atoms with Gasteiger partial charge in [-0.05, 0) is 36.8 Å². The summed E-state index contributed by atoms with van der Waals surface area (Å²) in [5, 5.41) is 0. The van der Waals surface area contributed by atoms with Crippen LogP contribution in [-0.2, 0) is 20.9 Å². The highest BCUT2D eigenvalue weighted by molar-refractivity contribution is 5.91. The zero-order valence-corrected chi connectivity index (χ0v) is 13.0. The lowest BCUT2D eigenvalue weighted by Crippen LogP contribution is -2.26. The van der Waals surface area contributed by atoms with E-state index in [0.717, 1.165) is 5.56 Å². The van der Waals surface area contributed by atoms with Gasteiger partial charge in [0.1, 0.15) is 12.4 Å². The van der Waals surface area contributed by atoms with Gasteiger partial charge in [0.15, 0.2) is 6.10 Å². The number of methoxy groups -OCH3 is 1. The fourth-order valence-electron chi connectivity index (χ4n) is 1.85. The summed E-state index contributed by atoms with van der Waals surface area (Å²) in [5.74, 6) is -0.538. The highest BCUT2D eigenvalue weighted by atomic mass is 16.6. The number of hydrogen-bond donors (Lipinski definition) is 0. The molecule has 2 rings (SSSR count). The van der Waals surface area contributed by atoms with Gasteiger partial charge in [0.25, 0.3) is 0 Å². The zero-order valence-electron chi connectivity index (χ0n) is 13.0. The van der Waals surface area contributed by atoms with Gasteiger partial charge in [0, 0.05) is 0 Å². The minimum absolute atomic E-state index is 0.143. The van der Waals surface area contributed by atoms with E-state index >= 15 is 0 Å². The van der Waals surface area contributed by atoms with Crippen molar-refractivity contribution in [1.29, 1.82) is 0 Å². The maximum atomic E-state index is 12.0. The van der Waals surface area contributed by atoms with Crippen molar-refractivity contribution < 1.29 is 23.8 Å². The first kappa shape index (κ1) is 16.5. The van der Waals surface area contributed by atoms with Crippen LogP contribution in [0.4, 0.5) is 0 Å². The van der Waals surface area contributed by atoms with Gasteiger partial charge in [-0.1, -0.05) is 30.3 Å². The molecule has 120 valence electrons. The summed E-state index contributed by atoms with van der Waals surface area (Å²) in [5.41, 5.74) is 1.21. The lowest BCUT2D eigenvalue weighted by Gasteiger charge is -2.13. The van der Waals surface area contributed by atoms with E-state index in [0.29, 0.717) is 11.3 Å². The van der Waals surface area contributed by atoms with Gasteiger partial charge in [0.2, 0.25) is 0 Å². The second-order valence-electron chi connectivity index (χ2n) is 4.87. The fraction of sp³-hybridized carbons (Fsp3) is 0.222. The van der Waals surface area contributed by atoms with Crippen LogP contribution in [0.1, 0.15) is 22.8 Å². The van der Waals surface area contributed by atoms with E-state index < -0.39 is 18.0 Å². The molecule has 5 nitrogen and oxygen atoms in total. The number of hydrogen-bond acceptors (Lipinski definition) is 5. The first-order chi connectivity index (χ1) is 11.1. The second-order valence-corrected chi connectivity index (χ2v) is 4.87. The summed E-state index contributed by atoms with van der Waals surface area (Å²) >= 11 is 0. The predicted octanol–water partition coefficient (Wildman–Crippen LogP) is 2.98. The Morgan fingerprint density at radius 1 is 1.00 bits per heavy atom. The standard InChI is InChI=1S/C18H18O5/c1-13(17(19)22-12-14-6-4-3-5-7-14)23-18(20)15-8-10-16(21-2)11-9-15/h3-11,13H,12H2,1-2H3/t13-/m1/s1. The largest absolute Gasteiger partial charge is 0.497 e. The van der Waals surface area contributed by atoms with Crippen LogP contribution in [-0.4, -0.2) is 25.2 Å². The van der Waals surface area contributed by atoms with Crippen LogP contribution in [0.25, 0.3) is 0 Å². The highest BCUT2D eigenvalue weighted by Crippen LogP contribution is 2.13. The molecule has 0 spiro atoms. The summed E-state index contributed by atoms with van der Waals surface area (Å²) < 4.78 is 15.2. The van der Waals surface area contributed by atoms with Crippen LogP contribution in [0.2, 0.25) is 0 Å². The molecule has 0 aliphatic heterocycles. The van der Waals surface area contributed by atoms with E-state index in [-0.39, 0.29) is 6.61 Å². The van der Waals surface area contributed by atoms with Crippen molar-refractivity contribution in [2.24, 2.45) is 0 Å². The Hall–Kier alpha value is -2.82. The molecule has 0 heterocycles. The summed E-state index contributed by atoms with van der Waals surface area (Å²) in [7, 11) is 1.54. The summed E-state index contributed by atoms with van der Waals surface area (Å²) in [4.78, 5) is 23.8. The quantitative estimate of drug-likeness (QED) is 0.767. The fourth-order valence-corrected chi connectivity index (χ4v) is 1.85. The van der Waals surface area contributed by atoms with Crippen molar-refractivity contribution in [3.05, 3.63) is 65.7 Å². The van der Waals surface area contributed by atoms with Crippen LogP contribution in [0.3, 0.4) is 0 Å². The van der Waals surface area contributed by atoms with Crippen LogP contribution in [0.15, 0.2) is 54.6 Å². The Labute approximate surface area is 134 Å². The maximum absolute atomic E-state index is 12.0. The molecule has 1 atom stereocenters. The molecule has 0 aliphatic carbocycles. The van der Waals surface area contributed by atoms with E-state index in [1.165, 1.54) is 14.0 Å². The summed E-state index contributed by atoms with van der Waals surface area (Å²) in [6, 6.07) is 15.7. The lowest BCUT2D eigenvalue weighted by atomic mass is 10.2. The van der Waals surface area contributed by atoms with E-state index in [2.05, 4.69) is 0 Å². The van der Waals surface area contributed by atoms with Gasteiger partial charge in [0.05, 0.1) is 12.7 Å². The first-order valence-electron chi connectivity index (χ1n) is 7.15. The Balaban J connectivity index is 1.85. The monoisotopic (exact) mass is 314 g/mol. The van der Waals surface area contributed by atoms with Crippen molar-refractivity contribution in [2.45, 2.75) is 19.6 Å². The summed E-state index contributed by atoms with van der Waals surface area (Å²) in [6.45, 7) is 1.62. The van der Waals surface area contributed by atoms with Crippen LogP contribution in [0, 0.1) is 0 Å². The molecule has 0 N–H and O–H groups in total. The molecule has 0 aromatic heterocycles. The SMILES string of the molecule is COc1ccc(C(=O)O[C@H](C)C(=O)OCc2ccccc2)cc1. The van der Waals surface area contributed by atoms with Gasteiger partial charge in [-0.25, -0.2) is 9.59 Å². The molecule has 23 heavy (non-hydrogen) atoms. The third-order valence-corrected chi connectivity index (χ3v) is 3.17. The minimum Gasteiger partial charge on any atom is -0.497 e. The van der Waals surface area contributed by atoms with Crippen molar-refractivity contribution in [1.82, 2.24) is 0 Å². The molecule has 5 heteroatoms. The van der Waals surface area contributed by atoms with E-state index in [4.69, 9.17) is 14.2 Å². The number of ether oxygens (including phenoxy) is 3. The minimum atomic E-state index is -0.978. The van der Waals surface area contributed by atoms with Crippen LogP contribution in [0.5, 0.6) is 5.75 Å². The average Bonchev–Trinajstić information content (AvgIpc) is 2.60. The van der Waals surface area contributed by atoms with Gasteiger partial charge < -0.3 is 14.2 Å². The van der Waals surface area contributed by atoms with Crippen LogP contribution < -0.4 is 4.74 Å². The van der Waals surface area contributed by atoms with Gasteiger partial charge >= 0.3 is 11.9 Å². The molecule has 0 bridgehead atoms. The van der Waals surface area contributed by atoms with Crippen molar-refractivity contribution in [3.8, 4) is 5.75 Å².